The second-order valence-corrected chi connectivity index (χ2v) is 9.29. The molecule has 8 nitrogen and oxygen atoms in total. The summed E-state index contributed by atoms with van der Waals surface area (Å²) < 4.78 is 5.12. The van der Waals surface area contributed by atoms with Gasteiger partial charge in [0.15, 0.2) is 6.61 Å². The van der Waals surface area contributed by atoms with E-state index in [1.54, 1.807) is 24.3 Å². The van der Waals surface area contributed by atoms with Crippen LogP contribution in [0, 0.1) is 11.3 Å². The Morgan fingerprint density at radius 1 is 1.00 bits per heavy atom. The molecule has 0 spiro atoms. The molecule has 3 aromatic rings. The molecule has 1 aliphatic carbocycles. The minimum absolute atomic E-state index is 0.169. The molecule has 5 rings (SSSR count). The van der Waals surface area contributed by atoms with Crippen LogP contribution in [0.25, 0.3) is 0 Å². The van der Waals surface area contributed by atoms with Gasteiger partial charge in [0.2, 0.25) is 0 Å². The van der Waals surface area contributed by atoms with Crippen molar-refractivity contribution in [2.45, 2.75) is 25.7 Å². The van der Waals surface area contributed by atoms with E-state index in [9.17, 15) is 24.4 Å². The number of rotatable bonds is 5. The Balaban J connectivity index is 1.21. The van der Waals surface area contributed by atoms with Crippen LogP contribution in [0.15, 0.2) is 48.5 Å². The van der Waals surface area contributed by atoms with Gasteiger partial charge >= 0.3 is 5.97 Å². The summed E-state index contributed by atoms with van der Waals surface area (Å²) in [5.74, 6) is -2.11. The first-order valence-electron chi connectivity index (χ1n) is 11.1. The molecule has 174 valence electrons. The number of amides is 3. The Morgan fingerprint density at radius 2 is 1.66 bits per heavy atom. The predicted octanol–water partition coefficient (Wildman–Crippen LogP) is 4.09. The smallest absolute Gasteiger partial charge is 0.338 e. The van der Waals surface area contributed by atoms with E-state index in [1.165, 1.54) is 35.6 Å². The number of fused-ring (bicyclic) bond motifs is 2. The molecule has 0 saturated carbocycles. The number of hydrogen-bond donors (Lipinski definition) is 1. The highest BCUT2D eigenvalue weighted by Gasteiger charge is 2.36. The summed E-state index contributed by atoms with van der Waals surface area (Å²) >= 11 is 1.40. The number of nitrogens with zero attached hydrogens (tertiary/aromatic N) is 2. The number of aryl methyl sites for hydroxylation is 1. The van der Waals surface area contributed by atoms with Crippen LogP contribution in [0.4, 0.5) is 10.7 Å². The number of thiophene rings is 1. The number of hydrogen-bond acceptors (Lipinski definition) is 7. The van der Waals surface area contributed by atoms with Gasteiger partial charge in [-0.2, -0.15) is 5.26 Å². The van der Waals surface area contributed by atoms with Gasteiger partial charge in [-0.1, -0.05) is 12.1 Å². The van der Waals surface area contributed by atoms with E-state index >= 15 is 0 Å². The van der Waals surface area contributed by atoms with Crippen LogP contribution in [0.1, 0.15) is 59.9 Å². The van der Waals surface area contributed by atoms with Gasteiger partial charge < -0.3 is 10.1 Å². The number of ether oxygens (including phenoxy) is 1. The molecular formula is C26H19N3O5S. The zero-order valence-corrected chi connectivity index (χ0v) is 19.3. The Hall–Kier alpha value is -4.29. The fourth-order valence-corrected chi connectivity index (χ4v) is 5.58. The highest BCUT2D eigenvalue weighted by atomic mass is 32.1. The number of nitrogens with one attached hydrogen (secondary N) is 1. The summed E-state index contributed by atoms with van der Waals surface area (Å²) in [7, 11) is 0. The summed E-state index contributed by atoms with van der Waals surface area (Å²) in [6.45, 7) is -0.508. The number of esters is 1. The lowest BCUT2D eigenvalue weighted by molar-refractivity contribution is -0.119. The second kappa shape index (κ2) is 9.16. The molecule has 0 saturated heterocycles. The molecule has 3 amide bonds. The minimum Gasteiger partial charge on any atom is -0.452 e. The van der Waals surface area contributed by atoms with Crippen LogP contribution in [0.3, 0.4) is 0 Å². The van der Waals surface area contributed by atoms with Crippen molar-refractivity contribution >= 4 is 45.7 Å². The Labute approximate surface area is 204 Å². The number of imide groups is 1. The van der Waals surface area contributed by atoms with Gasteiger partial charge in [0, 0.05) is 4.88 Å². The molecule has 0 atom stereocenters. The maximum atomic E-state index is 12.6. The van der Waals surface area contributed by atoms with Gasteiger partial charge in [-0.05, 0) is 67.6 Å². The largest absolute Gasteiger partial charge is 0.452 e. The van der Waals surface area contributed by atoms with Gasteiger partial charge in [0.25, 0.3) is 17.7 Å². The number of anilines is 2. The fourth-order valence-electron chi connectivity index (χ4n) is 4.32. The van der Waals surface area contributed by atoms with Crippen molar-refractivity contribution in [2.24, 2.45) is 0 Å². The topological polar surface area (TPSA) is 117 Å². The first-order valence-corrected chi connectivity index (χ1v) is 11.9. The van der Waals surface area contributed by atoms with Gasteiger partial charge in [-0.15, -0.1) is 11.3 Å². The van der Waals surface area contributed by atoms with Crippen molar-refractivity contribution in [3.05, 3.63) is 81.2 Å². The lowest BCUT2D eigenvalue weighted by atomic mass is 9.96. The second-order valence-electron chi connectivity index (χ2n) is 8.19. The maximum Gasteiger partial charge on any atom is 0.338 e. The fraction of sp³-hybridized carbons (Fsp3) is 0.192. The number of carbonyl (C=O) groups is 4. The van der Waals surface area contributed by atoms with Crippen molar-refractivity contribution in [2.75, 3.05) is 16.8 Å². The third-order valence-electron chi connectivity index (χ3n) is 6.03. The van der Waals surface area contributed by atoms with Crippen LogP contribution < -0.4 is 10.2 Å². The number of carbonyl (C=O) groups excluding carboxylic acids is 4. The van der Waals surface area contributed by atoms with E-state index in [4.69, 9.17) is 4.74 Å². The van der Waals surface area contributed by atoms with Crippen LogP contribution in [0.2, 0.25) is 0 Å². The van der Waals surface area contributed by atoms with Crippen LogP contribution >= 0.6 is 11.3 Å². The van der Waals surface area contributed by atoms with Crippen molar-refractivity contribution in [3.8, 4) is 6.07 Å². The van der Waals surface area contributed by atoms with Crippen molar-refractivity contribution in [1.82, 2.24) is 0 Å². The number of nitriles is 1. The van der Waals surface area contributed by atoms with E-state index in [0.717, 1.165) is 41.0 Å². The molecule has 1 aliphatic heterocycles. The van der Waals surface area contributed by atoms with Gasteiger partial charge in [-0.25, -0.2) is 9.69 Å². The van der Waals surface area contributed by atoms with Crippen LogP contribution in [-0.4, -0.2) is 30.3 Å². The summed E-state index contributed by atoms with van der Waals surface area (Å²) in [5.41, 5.74) is 2.66. The Morgan fingerprint density at radius 3 is 2.31 bits per heavy atom. The summed E-state index contributed by atoms with van der Waals surface area (Å²) in [5, 5.41) is 12.7. The van der Waals surface area contributed by atoms with E-state index in [0.29, 0.717) is 27.4 Å². The zero-order valence-electron chi connectivity index (χ0n) is 18.5. The molecule has 1 N–H and O–H groups in total. The van der Waals surface area contributed by atoms with Gasteiger partial charge in [0.1, 0.15) is 11.1 Å². The van der Waals surface area contributed by atoms with Crippen molar-refractivity contribution in [1.29, 1.82) is 5.26 Å². The lowest BCUT2D eigenvalue weighted by Crippen LogP contribution is -2.29. The lowest BCUT2D eigenvalue weighted by Gasteiger charge is -2.14. The van der Waals surface area contributed by atoms with Crippen LogP contribution in [0.5, 0.6) is 0 Å². The molecule has 2 heterocycles. The minimum atomic E-state index is -0.722. The third kappa shape index (κ3) is 4.09. The standard InChI is InChI=1S/C26H19N3O5S/c27-13-20-17-5-3-4-8-21(17)35-23(20)28-22(30)14-34-26(33)15-9-11-16(12-10-15)29-24(31)18-6-1-2-7-19(18)25(29)32/h1-2,6-7,9-12H,3-5,8,14H2,(H,28,30). The highest BCUT2D eigenvalue weighted by molar-refractivity contribution is 7.16. The first-order chi connectivity index (χ1) is 17.0. The van der Waals surface area contributed by atoms with E-state index in [1.807, 2.05) is 0 Å². The van der Waals surface area contributed by atoms with Gasteiger partial charge in [-0.3, -0.25) is 14.4 Å². The molecule has 1 aromatic heterocycles. The van der Waals surface area contributed by atoms with Crippen LogP contribution in [-0.2, 0) is 22.4 Å². The predicted molar refractivity (Wildman–Crippen MR) is 129 cm³/mol. The summed E-state index contributed by atoms with van der Waals surface area (Å²) in [6.07, 6.45) is 3.82. The maximum absolute atomic E-state index is 12.6. The Bertz CT molecular complexity index is 1380. The van der Waals surface area contributed by atoms with E-state index in [2.05, 4.69) is 11.4 Å². The molecule has 0 unspecified atom stereocenters. The molecule has 2 aromatic carbocycles. The summed E-state index contributed by atoms with van der Waals surface area (Å²) in [6, 6.07) is 14.6. The molecule has 9 heteroatoms. The third-order valence-corrected chi connectivity index (χ3v) is 7.23. The summed E-state index contributed by atoms with van der Waals surface area (Å²) in [4.78, 5) is 52.2. The highest BCUT2D eigenvalue weighted by Crippen LogP contribution is 2.37. The van der Waals surface area contributed by atoms with Crippen molar-refractivity contribution in [3.63, 3.8) is 0 Å². The normalized spacial score (nSPS) is 14.2. The van der Waals surface area contributed by atoms with Gasteiger partial charge in [0.05, 0.1) is 27.9 Å². The molecular weight excluding hydrogens is 466 g/mol. The zero-order chi connectivity index (χ0) is 24.5. The Kier molecular flexibility index (Phi) is 5.89. The first kappa shape index (κ1) is 22.5. The van der Waals surface area contributed by atoms with Crippen molar-refractivity contribution < 1.29 is 23.9 Å². The molecule has 35 heavy (non-hydrogen) atoms. The quantitative estimate of drug-likeness (QED) is 0.430. The molecule has 2 aliphatic rings. The SMILES string of the molecule is N#Cc1c(NC(=O)COC(=O)c2ccc(N3C(=O)c4ccccc4C3=O)cc2)sc2c1CCCC2. The molecule has 0 radical (unpaired) electrons. The monoisotopic (exact) mass is 485 g/mol. The average molecular weight is 486 g/mol. The van der Waals surface area contributed by atoms with E-state index < -0.39 is 30.3 Å². The van der Waals surface area contributed by atoms with E-state index in [-0.39, 0.29) is 5.56 Å². The molecule has 0 bridgehead atoms. The average Bonchev–Trinajstić information content (AvgIpc) is 3.36. The molecule has 0 fully saturated rings. The number of benzene rings is 2.